The van der Waals surface area contributed by atoms with E-state index in [0.717, 1.165) is 39.1 Å². The Labute approximate surface area is 398 Å². The third-order valence-corrected chi connectivity index (χ3v) is 14.3. The molecule has 1 saturated heterocycles. The minimum atomic E-state index is -0.690. The van der Waals surface area contributed by atoms with Gasteiger partial charge in [-0.15, -0.1) is 11.8 Å². The van der Waals surface area contributed by atoms with Gasteiger partial charge in [-0.3, -0.25) is 9.59 Å². The van der Waals surface area contributed by atoms with Gasteiger partial charge in [0.05, 0.1) is 16.8 Å². The van der Waals surface area contributed by atoms with Gasteiger partial charge in [-0.05, 0) is 116 Å². The molecule has 0 aromatic heterocycles. The highest BCUT2D eigenvalue weighted by atomic mass is 32.2. The molecule has 2 amide bonds. The van der Waals surface area contributed by atoms with E-state index in [1.165, 1.54) is 12.1 Å². The average molecular weight is 922 g/mol. The highest BCUT2D eigenvalue weighted by Crippen LogP contribution is 2.52. The van der Waals surface area contributed by atoms with Crippen molar-refractivity contribution in [2.75, 3.05) is 30.4 Å². The van der Waals surface area contributed by atoms with Crippen LogP contribution in [-0.2, 0) is 33.5 Å². The van der Waals surface area contributed by atoms with Gasteiger partial charge in [-0.1, -0.05) is 140 Å². The number of hydrogen-bond acceptors (Lipinski definition) is 7. The molecule has 1 aliphatic rings. The number of anilines is 1. The number of carbonyl (C=O) groups is 3. The fraction of sp³-hybridized carbons (Fsp3) is 0.304. The number of benzene rings is 6. The Morgan fingerprint density at radius 1 is 0.742 bits per heavy atom. The summed E-state index contributed by atoms with van der Waals surface area (Å²) in [5.41, 5.74) is 6.61. The molecule has 66 heavy (non-hydrogen) atoms. The van der Waals surface area contributed by atoms with Gasteiger partial charge in [0.15, 0.2) is 5.78 Å². The van der Waals surface area contributed by atoms with Crippen molar-refractivity contribution in [3.63, 3.8) is 0 Å². The van der Waals surface area contributed by atoms with Crippen molar-refractivity contribution >= 4 is 47.0 Å². The summed E-state index contributed by atoms with van der Waals surface area (Å²) in [6.07, 6.45) is 4.16. The fourth-order valence-corrected chi connectivity index (χ4v) is 11.0. The van der Waals surface area contributed by atoms with Gasteiger partial charge in [0.1, 0.15) is 11.4 Å². The van der Waals surface area contributed by atoms with Crippen molar-refractivity contribution < 1.29 is 23.5 Å². The zero-order valence-corrected chi connectivity index (χ0v) is 39.9. The zero-order chi connectivity index (χ0) is 46.5. The third-order valence-electron chi connectivity index (χ3n) is 11.9. The van der Waals surface area contributed by atoms with Gasteiger partial charge in [0, 0.05) is 36.0 Å². The molecular formula is C56H60FN3O4S2. The smallest absolute Gasteiger partial charge is 0.410 e. The quantitative estimate of drug-likeness (QED) is 0.0783. The first-order chi connectivity index (χ1) is 31.9. The van der Waals surface area contributed by atoms with Crippen LogP contribution in [0.2, 0.25) is 0 Å². The second kappa shape index (κ2) is 22.6. The Hall–Kier alpha value is -5.84. The summed E-state index contributed by atoms with van der Waals surface area (Å²) in [6.45, 7) is 6.54. The summed E-state index contributed by atoms with van der Waals surface area (Å²) in [5.74, 6) is 0.0400. The maximum absolute atomic E-state index is 14.4. The molecule has 1 fully saturated rings. The van der Waals surface area contributed by atoms with E-state index in [1.807, 2.05) is 110 Å². The monoisotopic (exact) mass is 921 g/mol. The van der Waals surface area contributed by atoms with Crippen molar-refractivity contribution in [2.45, 2.75) is 80.6 Å². The first kappa shape index (κ1) is 48.1. The lowest BCUT2D eigenvalue weighted by Gasteiger charge is -2.37. The number of rotatable bonds is 19. The standard InChI is InChI=1S/C56H60FN3O4S2/c1-55(2,3)64-54(63)60-39-49(66-56(43-19-11-6-12-20-43,44-21-13-7-14-22-44)45-23-15-8-16-24-45)37-48(60)38-58-47-32-29-42(28-25-40-26-30-46(57)31-27-40)50(36-47)53(62)59-51(33-34-65-4)52(61)35-41-17-9-5-10-18-41/h5-24,26-27,29-32,36,48-49,51,58H,25,28,33-35,37-39H2,1-4H3,(H,59,62)/t48-,49-,51-/m0/s1. The second-order valence-corrected chi connectivity index (χ2v) is 20.4. The molecule has 0 radical (unpaired) electrons. The van der Waals surface area contributed by atoms with Crippen LogP contribution < -0.4 is 10.6 Å². The van der Waals surface area contributed by atoms with Crippen molar-refractivity contribution in [3.8, 4) is 0 Å². The Morgan fingerprint density at radius 3 is 1.88 bits per heavy atom. The molecule has 0 bridgehead atoms. The zero-order valence-electron chi connectivity index (χ0n) is 38.3. The van der Waals surface area contributed by atoms with Crippen molar-refractivity contribution in [3.05, 3.63) is 209 Å². The lowest BCUT2D eigenvalue weighted by Crippen LogP contribution is -2.43. The van der Waals surface area contributed by atoms with E-state index >= 15 is 0 Å². The van der Waals surface area contributed by atoms with Crippen LogP contribution in [-0.4, -0.2) is 70.7 Å². The van der Waals surface area contributed by atoms with Crippen LogP contribution >= 0.6 is 23.5 Å². The maximum Gasteiger partial charge on any atom is 0.410 e. The number of thioether (sulfide) groups is 2. The van der Waals surface area contributed by atoms with Crippen LogP contribution in [0.5, 0.6) is 0 Å². The largest absolute Gasteiger partial charge is 0.444 e. The molecule has 1 aliphatic heterocycles. The number of halogens is 1. The molecule has 0 saturated carbocycles. The van der Waals surface area contributed by atoms with Gasteiger partial charge in [0.25, 0.3) is 5.91 Å². The molecule has 0 aliphatic carbocycles. The summed E-state index contributed by atoms with van der Waals surface area (Å²) < 4.78 is 19.3. The number of amides is 2. The first-order valence-electron chi connectivity index (χ1n) is 22.7. The highest BCUT2D eigenvalue weighted by Gasteiger charge is 2.45. The van der Waals surface area contributed by atoms with E-state index in [2.05, 4.69) is 83.4 Å². The minimum Gasteiger partial charge on any atom is -0.444 e. The summed E-state index contributed by atoms with van der Waals surface area (Å²) in [4.78, 5) is 44.2. The molecule has 10 heteroatoms. The SMILES string of the molecule is CSCC[C@H](NC(=O)c1cc(NC[C@@H]2C[C@H](SC(c3ccccc3)(c3ccccc3)c3ccccc3)CN2C(=O)OC(C)(C)C)ccc1CCc1ccc(F)cc1)C(=O)Cc1ccccc1. The summed E-state index contributed by atoms with van der Waals surface area (Å²) in [6, 6.07) is 52.6. The molecular weight excluding hydrogens is 862 g/mol. The number of Topliss-reactive ketones (excluding diaryl/α,β-unsaturated/α-hetero) is 1. The summed E-state index contributed by atoms with van der Waals surface area (Å²) >= 11 is 3.50. The van der Waals surface area contributed by atoms with E-state index in [-0.39, 0.29) is 41.3 Å². The molecule has 7 nitrogen and oxygen atoms in total. The van der Waals surface area contributed by atoms with E-state index in [1.54, 1.807) is 23.9 Å². The summed E-state index contributed by atoms with van der Waals surface area (Å²) in [5, 5.41) is 6.75. The van der Waals surface area contributed by atoms with E-state index in [9.17, 15) is 18.8 Å². The average Bonchev–Trinajstić information content (AvgIpc) is 3.74. The summed E-state index contributed by atoms with van der Waals surface area (Å²) in [7, 11) is 0. The number of carbonyl (C=O) groups excluding carboxylic acids is 3. The molecule has 342 valence electrons. The molecule has 3 atom stereocenters. The molecule has 6 aromatic carbocycles. The Balaban J connectivity index is 1.17. The molecule has 0 spiro atoms. The van der Waals surface area contributed by atoms with Crippen LogP contribution in [0, 0.1) is 5.82 Å². The maximum atomic E-state index is 14.4. The predicted molar refractivity (Wildman–Crippen MR) is 270 cm³/mol. The van der Waals surface area contributed by atoms with Crippen LogP contribution in [0.1, 0.15) is 77.4 Å². The van der Waals surface area contributed by atoms with Crippen molar-refractivity contribution in [1.82, 2.24) is 10.2 Å². The van der Waals surface area contributed by atoms with E-state index < -0.39 is 16.4 Å². The number of hydrogen-bond donors (Lipinski definition) is 2. The second-order valence-electron chi connectivity index (χ2n) is 17.9. The van der Waals surface area contributed by atoms with Gasteiger partial charge in [-0.2, -0.15) is 11.8 Å². The number of ketones is 1. The molecule has 1 heterocycles. The number of nitrogens with one attached hydrogen (secondary N) is 2. The minimum absolute atomic E-state index is 0.0201. The molecule has 6 aromatic rings. The Bertz CT molecular complexity index is 2410. The topological polar surface area (TPSA) is 87.7 Å². The molecule has 0 unspecified atom stereocenters. The molecule has 2 N–H and O–H groups in total. The lowest BCUT2D eigenvalue weighted by molar-refractivity contribution is -0.120. The number of ether oxygens (including phenoxy) is 1. The van der Waals surface area contributed by atoms with Gasteiger partial charge >= 0.3 is 6.09 Å². The van der Waals surface area contributed by atoms with Crippen LogP contribution in [0.4, 0.5) is 14.9 Å². The molecule has 7 rings (SSSR count). The van der Waals surface area contributed by atoms with Gasteiger partial charge < -0.3 is 20.3 Å². The lowest BCUT2D eigenvalue weighted by atomic mass is 9.84. The fourth-order valence-electron chi connectivity index (χ4n) is 8.66. The third kappa shape index (κ3) is 12.5. The number of likely N-dealkylation sites (tertiary alicyclic amines) is 1. The van der Waals surface area contributed by atoms with E-state index in [4.69, 9.17) is 4.74 Å². The van der Waals surface area contributed by atoms with Crippen LogP contribution in [0.15, 0.2) is 164 Å². The number of nitrogens with zero attached hydrogens (tertiary/aromatic N) is 1. The Morgan fingerprint density at radius 2 is 1.32 bits per heavy atom. The van der Waals surface area contributed by atoms with Crippen LogP contribution in [0.25, 0.3) is 0 Å². The van der Waals surface area contributed by atoms with Gasteiger partial charge in [-0.25, -0.2) is 9.18 Å². The highest BCUT2D eigenvalue weighted by molar-refractivity contribution is 8.01. The van der Waals surface area contributed by atoms with Crippen LogP contribution in [0.3, 0.4) is 0 Å². The predicted octanol–water partition coefficient (Wildman–Crippen LogP) is 11.8. The van der Waals surface area contributed by atoms with Crippen molar-refractivity contribution in [1.29, 1.82) is 0 Å². The Kier molecular flexibility index (Phi) is 16.5. The van der Waals surface area contributed by atoms with Gasteiger partial charge in [0.2, 0.25) is 0 Å². The number of aryl methyl sites for hydroxylation is 2. The first-order valence-corrected chi connectivity index (χ1v) is 25.0. The van der Waals surface area contributed by atoms with E-state index in [0.29, 0.717) is 50.1 Å². The normalized spacial score (nSPS) is 15.5. The van der Waals surface area contributed by atoms with Crippen molar-refractivity contribution in [2.24, 2.45) is 0 Å².